The number of benzene rings is 1. The first kappa shape index (κ1) is 14.4. The Hall–Kier alpha value is -1.02. The molecule has 1 unspecified atom stereocenters. The van der Waals surface area contributed by atoms with E-state index in [1.807, 2.05) is 0 Å². The number of piperidine rings is 1. The highest BCUT2D eigenvalue weighted by Gasteiger charge is 2.19. The minimum absolute atomic E-state index is 0.210. The number of likely N-dealkylation sites (N-methyl/N-ethyl adjacent to an activating group) is 1. The van der Waals surface area contributed by atoms with E-state index in [1.54, 1.807) is 0 Å². The van der Waals surface area contributed by atoms with E-state index in [0.717, 1.165) is 12.4 Å². The zero-order valence-corrected chi connectivity index (χ0v) is 12.8. The Balaban J connectivity index is 1.89. The van der Waals surface area contributed by atoms with Gasteiger partial charge in [-0.1, -0.05) is 39.3 Å². The van der Waals surface area contributed by atoms with Gasteiger partial charge in [0.05, 0.1) is 0 Å². The maximum absolute atomic E-state index is 5.94. The molecule has 2 heteroatoms. The van der Waals surface area contributed by atoms with Gasteiger partial charge in [0.1, 0.15) is 12.4 Å². The Labute approximate surface area is 117 Å². The van der Waals surface area contributed by atoms with Crippen molar-refractivity contribution in [1.82, 2.24) is 4.90 Å². The van der Waals surface area contributed by atoms with Crippen molar-refractivity contribution in [3.05, 3.63) is 29.8 Å². The second-order valence-corrected chi connectivity index (χ2v) is 6.72. The number of nitrogens with zero attached hydrogens (tertiary/aromatic N) is 1. The van der Waals surface area contributed by atoms with E-state index < -0.39 is 0 Å². The second-order valence-electron chi connectivity index (χ2n) is 6.72. The first-order valence-electron chi connectivity index (χ1n) is 7.40. The van der Waals surface area contributed by atoms with Gasteiger partial charge in [-0.2, -0.15) is 0 Å². The zero-order valence-electron chi connectivity index (χ0n) is 12.8. The predicted octanol–water partition coefficient (Wildman–Crippen LogP) is 3.85. The molecule has 106 valence electrons. The molecular weight excluding hydrogens is 234 g/mol. The van der Waals surface area contributed by atoms with Gasteiger partial charge >= 0.3 is 0 Å². The molecule has 1 atom stereocenters. The van der Waals surface area contributed by atoms with E-state index in [4.69, 9.17) is 4.74 Å². The second kappa shape index (κ2) is 5.96. The summed E-state index contributed by atoms with van der Waals surface area (Å²) in [5.41, 5.74) is 1.57. The van der Waals surface area contributed by atoms with E-state index in [2.05, 4.69) is 57.0 Å². The van der Waals surface area contributed by atoms with E-state index in [9.17, 15) is 0 Å². The summed E-state index contributed by atoms with van der Waals surface area (Å²) in [4.78, 5) is 2.42. The number of rotatable bonds is 3. The van der Waals surface area contributed by atoms with Crippen molar-refractivity contribution >= 4 is 0 Å². The van der Waals surface area contributed by atoms with Crippen LogP contribution in [0.25, 0.3) is 0 Å². The van der Waals surface area contributed by atoms with Gasteiger partial charge in [0, 0.05) is 6.04 Å². The Bertz CT molecular complexity index is 391. The molecule has 0 aromatic heterocycles. The molecule has 1 heterocycles. The van der Waals surface area contributed by atoms with Gasteiger partial charge < -0.3 is 9.64 Å². The Morgan fingerprint density at radius 1 is 1.16 bits per heavy atom. The van der Waals surface area contributed by atoms with Crippen molar-refractivity contribution < 1.29 is 4.74 Å². The molecule has 0 N–H and O–H groups in total. The minimum atomic E-state index is 0.210. The molecule has 19 heavy (non-hydrogen) atoms. The summed E-state index contributed by atoms with van der Waals surface area (Å²) >= 11 is 0. The van der Waals surface area contributed by atoms with E-state index in [0.29, 0.717) is 6.04 Å². The molecule has 0 bridgehead atoms. The van der Waals surface area contributed by atoms with Crippen LogP contribution in [0.1, 0.15) is 45.6 Å². The normalized spacial score (nSPS) is 21.4. The molecule has 0 spiro atoms. The molecule has 0 radical (unpaired) electrons. The molecule has 2 nitrogen and oxygen atoms in total. The van der Waals surface area contributed by atoms with Crippen LogP contribution >= 0.6 is 0 Å². The van der Waals surface area contributed by atoms with Gasteiger partial charge in [0.15, 0.2) is 0 Å². The molecule has 0 saturated carbocycles. The lowest BCUT2D eigenvalue weighted by Gasteiger charge is -2.32. The summed E-state index contributed by atoms with van der Waals surface area (Å²) in [6, 6.07) is 9.14. The summed E-state index contributed by atoms with van der Waals surface area (Å²) in [6.07, 6.45) is 3.92. The van der Waals surface area contributed by atoms with Crippen molar-refractivity contribution in [2.45, 2.75) is 51.5 Å². The van der Waals surface area contributed by atoms with Gasteiger partial charge in [-0.3, -0.25) is 0 Å². The fraction of sp³-hybridized carbons (Fsp3) is 0.647. The van der Waals surface area contributed by atoms with Crippen molar-refractivity contribution in [2.75, 3.05) is 20.2 Å². The molecule has 1 aliphatic rings. The zero-order chi connectivity index (χ0) is 13.9. The highest BCUT2D eigenvalue weighted by molar-refractivity contribution is 5.31. The maximum Gasteiger partial charge on any atom is 0.119 e. The Morgan fingerprint density at radius 3 is 2.42 bits per heavy atom. The monoisotopic (exact) mass is 261 g/mol. The molecule has 1 fully saturated rings. The lowest BCUT2D eigenvalue weighted by atomic mass is 9.87. The third-order valence-corrected chi connectivity index (χ3v) is 4.08. The van der Waals surface area contributed by atoms with Crippen molar-refractivity contribution in [3.8, 4) is 5.75 Å². The third-order valence-electron chi connectivity index (χ3n) is 4.08. The van der Waals surface area contributed by atoms with E-state index in [-0.39, 0.29) is 5.41 Å². The van der Waals surface area contributed by atoms with Crippen LogP contribution in [-0.2, 0) is 5.41 Å². The first-order valence-corrected chi connectivity index (χ1v) is 7.40. The van der Waals surface area contributed by atoms with Gasteiger partial charge in [-0.25, -0.2) is 0 Å². The predicted molar refractivity (Wildman–Crippen MR) is 80.9 cm³/mol. The van der Waals surface area contributed by atoms with Crippen LogP contribution in [0.3, 0.4) is 0 Å². The summed E-state index contributed by atoms with van der Waals surface area (Å²) in [6.45, 7) is 8.72. The SMILES string of the molecule is CN1CCCCC1COc1ccc(C(C)(C)C)cc1. The third kappa shape index (κ3) is 3.97. The molecular formula is C17H27NO. The first-order chi connectivity index (χ1) is 8.97. The average Bonchev–Trinajstić information content (AvgIpc) is 2.37. The summed E-state index contributed by atoms with van der Waals surface area (Å²) in [5.74, 6) is 0.993. The van der Waals surface area contributed by atoms with E-state index >= 15 is 0 Å². The summed E-state index contributed by atoms with van der Waals surface area (Å²) in [5, 5.41) is 0. The van der Waals surface area contributed by atoms with E-state index in [1.165, 1.54) is 31.4 Å². The van der Waals surface area contributed by atoms with Crippen LogP contribution in [0.15, 0.2) is 24.3 Å². The van der Waals surface area contributed by atoms with Crippen molar-refractivity contribution in [1.29, 1.82) is 0 Å². The Morgan fingerprint density at radius 2 is 1.84 bits per heavy atom. The average molecular weight is 261 g/mol. The largest absolute Gasteiger partial charge is 0.492 e. The lowest BCUT2D eigenvalue weighted by molar-refractivity contribution is 0.125. The summed E-state index contributed by atoms with van der Waals surface area (Å²) in [7, 11) is 2.20. The molecule has 1 aliphatic heterocycles. The quantitative estimate of drug-likeness (QED) is 0.819. The molecule has 1 aromatic carbocycles. The fourth-order valence-electron chi connectivity index (χ4n) is 2.60. The van der Waals surface area contributed by atoms with Gasteiger partial charge in [0.25, 0.3) is 0 Å². The smallest absolute Gasteiger partial charge is 0.119 e. The van der Waals surface area contributed by atoms with Crippen LogP contribution in [0.2, 0.25) is 0 Å². The maximum atomic E-state index is 5.94. The highest BCUT2D eigenvalue weighted by atomic mass is 16.5. The van der Waals surface area contributed by atoms with Crippen LogP contribution < -0.4 is 4.74 Å². The van der Waals surface area contributed by atoms with Crippen LogP contribution in [0.4, 0.5) is 0 Å². The summed E-state index contributed by atoms with van der Waals surface area (Å²) < 4.78 is 5.94. The fourth-order valence-corrected chi connectivity index (χ4v) is 2.60. The highest BCUT2D eigenvalue weighted by Crippen LogP contribution is 2.24. The van der Waals surface area contributed by atoms with Gasteiger partial charge in [-0.15, -0.1) is 0 Å². The molecule has 0 amide bonds. The number of hydrogen-bond donors (Lipinski definition) is 0. The lowest BCUT2D eigenvalue weighted by Crippen LogP contribution is -2.40. The molecule has 2 rings (SSSR count). The van der Waals surface area contributed by atoms with Crippen molar-refractivity contribution in [3.63, 3.8) is 0 Å². The minimum Gasteiger partial charge on any atom is -0.492 e. The Kier molecular flexibility index (Phi) is 4.51. The van der Waals surface area contributed by atoms with Gasteiger partial charge in [-0.05, 0) is 49.5 Å². The van der Waals surface area contributed by atoms with Crippen LogP contribution in [0, 0.1) is 0 Å². The number of ether oxygens (including phenoxy) is 1. The molecule has 1 saturated heterocycles. The van der Waals surface area contributed by atoms with Crippen LogP contribution in [-0.4, -0.2) is 31.1 Å². The van der Waals surface area contributed by atoms with Gasteiger partial charge in [0.2, 0.25) is 0 Å². The number of hydrogen-bond acceptors (Lipinski definition) is 2. The molecule has 0 aliphatic carbocycles. The number of likely N-dealkylation sites (tertiary alicyclic amines) is 1. The molecule has 1 aromatic rings. The van der Waals surface area contributed by atoms with Crippen LogP contribution in [0.5, 0.6) is 5.75 Å². The standard InChI is InChI=1S/C17H27NO/c1-17(2,3)14-8-10-16(11-9-14)19-13-15-7-5-6-12-18(15)4/h8-11,15H,5-7,12-13H2,1-4H3. The topological polar surface area (TPSA) is 12.5 Å². The van der Waals surface area contributed by atoms with Crippen molar-refractivity contribution in [2.24, 2.45) is 0 Å².